The van der Waals surface area contributed by atoms with Gasteiger partial charge in [0.25, 0.3) is 0 Å². The van der Waals surface area contributed by atoms with E-state index in [0.717, 1.165) is 24.3 Å². The Balaban J connectivity index is 0.000000659. The summed E-state index contributed by atoms with van der Waals surface area (Å²) in [4.78, 5) is 2.16. The predicted octanol–water partition coefficient (Wildman–Crippen LogP) is 5.03. The van der Waals surface area contributed by atoms with E-state index in [4.69, 9.17) is 0 Å². The summed E-state index contributed by atoms with van der Waals surface area (Å²) in [5, 5.41) is 0. The summed E-state index contributed by atoms with van der Waals surface area (Å²) < 4.78 is 13.6. The zero-order valence-electron chi connectivity index (χ0n) is 12.8. The largest absolute Gasteiger partial charge is 0.369 e. The van der Waals surface area contributed by atoms with Crippen LogP contribution in [0.5, 0.6) is 0 Å². The van der Waals surface area contributed by atoms with Gasteiger partial charge in [0.05, 0.1) is 5.69 Å². The maximum absolute atomic E-state index is 13.6. The minimum absolute atomic E-state index is 0.0842. The van der Waals surface area contributed by atoms with E-state index >= 15 is 0 Å². The van der Waals surface area contributed by atoms with Gasteiger partial charge in [-0.1, -0.05) is 46.8 Å². The van der Waals surface area contributed by atoms with Crippen LogP contribution in [0, 0.1) is 18.7 Å². The summed E-state index contributed by atoms with van der Waals surface area (Å²) >= 11 is 0. The summed E-state index contributed by atoms with van der Waals surface area (Å²) in [6.45, 7) is 14.2. The molecule has 1 atom stereocenters. The highest BCUT2D eigenvalue weighted by Gasteiger charge is 2.22. The zero-order chi connectivity index (χ0) is 14.1. The zero-order valence-corrected chi connectivity index (χ0v) is 12.8. The van der Waals surface area contributed by atoms with E-state index in [-0.39, 0.29) is 5.82 Å². The topological polar surface area (TPSA) is 3.24 Å². The average Bonchev–Trinajstić information content (AvgIpc) is 2.81. The molecule has 1 aromatic carbocycles. The number of nitrogens with zero attached hydrogens (tertiary/aromatic N) is 1. The molecule has 0 bridgehead atoms. The standard InChI is InChI=1S/C12H16FN.2C2H6/c1-9-6-7-14(8-9)12-10(2)4-3-5-11(12)13;2*1-2/h3-5,9H,6-8H2,1-2H3;2*1-2H3. The van der Waals surface area contributed by atoms with Crippen molar-refractivity contribution in [3.8, 4) is 0 Å². The number of rotatable bonds is 1. The normalized spacial score (nSPS) is 17.5. The minimum atomic E-state index is -0.0842. The van der Waals surface area contributed by atoms with Crippen LogP contribution in [-0.4, -0.2) is 13.1 Å². The molecule has 0 aromatic heterocycles. The molecule has 1 saturated heterocycles. The van der Waals surface area contributed by atoms with Crippen LogP contribution in [0.4, 0.5) is 10.1 Å². The van der Waals surface area contributed by atoms with Gasteiger partial charge < -0.3 is 4.90 Å². The first-order valence-electron chi connectivity index (χ1n) is 7.18. The Hall–Kier alpha value is -1.05. The van der Waals surface area contributed by atoms with Crippen molar-refractivity contribution in [1.29, 1.82) is 0 Å². The predicted molar refractivity (Wildman–Crippen MR) is 79.8 cm³/mol. The van der Waals surface area contributed by atoms with Gasteiger partial charge in [0.1, 0.15) is 5.82 Å². The monoisotopic (exact) mass is 253 g/mol. The van der Waals surface area contributed by atoms with E-state index in [1.54, 1.807) is 12.1 Å². The lowest BCUT2D eigenvalue weighted by Gasteiger charge is -2.21. The third-order valence-corrected chi connectivity index (χ3v) is 2.93. The summed E-state index contributed by atoms with van der Waals surface area (Å²) in [5.41, 5.74) is 1.84. The second-order valence-electron chi connectivity index (χ2n) is 4.25. The second-order valence-corrected chi connectivity index (χ2v) is 4.25. The van der Waals surface area contributed by atoms with Crippen LogP contribution in [0.25, 0.3) is 0 Å². The lowest BCUT2D eigenvalue weighted by atomic mass is 10.1. The molecule has 0 radical (unpaired) electrons. The van der Waals surface area contributed by atoms with E-state index in [9.17, 15) is 4.39 Å². The Kier molecular flexibility index (Phi) is 8.43. The number of hydrogen-bond donors (Lipinski definition) is 0. The summed E-state index contributed by atoms with van der Waals surface area (Å²) in [5.74, 6) is 0.605. The van der Waals surface area contributed by atoms with Gasteiger partial charge in [-0.2, -0.15) is 0 Å². The number of anilines is 1. The van der Waals surface area contributed by atoms with Crippen LogP contribution >= 0.6 is 0 Å². The lowest BCUT2D eigenvalue weighted by molar-refractivity contribution is 0.618. The molecule has 0 amide bonds. The maximum atomic E-state index is 13.6. The van der Waals surface area contributed by atoms with Gasteiger partial charge in [-0.05, 0) is 30.9 Å². The van der Waals surface area contributed by atoms with Gasteiger partial charge in [0.2, 0.25) is 0 Å². The molecule has 2 heteroatoms. The highest BCUT2D eigenvalue weighted by atomic mass is 19.1. The van der Waals surface area contributed by atoms with Gasteiger partial charge in [0, 0.05) is 13.1 Å². The molecule has 1 nitrogen and oxygen atoms in total. The molecule has 0 spiro atoms. The highest BCUT2D eigenvalue weighted by molar-refractivity contribution is 5.54. The smallest absolute Gasteiger partial charge is 0.146 e. The van der Waals surface area contributed by atoms with E-state index in [2.05, 4.69) is 11.8 Å². The van der Waals surface area contributed by atoms with E-state index < -0.39 is 0 Å². The molecule has 1 fully saturated rings. The highest BCUT2D eigenvalue weighted by Crippen LogP contribution is 2.28. The van der Waals surface area contributed by atoms with Gasteiger partial charge >= 0.3 is 0 Å². The van der Waals surface area contributed by atoms with Crippen molar-refractivity contribution >= 4 is 5.69 Å². The van der Waals surface area contributed by atoms with Crippen molar-refractivity contribution in [2.75, 3.05) is 18.0 Å². The Morgan fingerprint density at radius 1 is 1.17 bits per heavy atom. The molecule has 2 rings (SSSR count). The summed E-state index contributed by atoms with van der Waals surface area (Å²) in [6.07, 6.45) is 1.17. The first-order valence-corrected chi connectivity index (χ1v) is 7.18. The molecule has 1 unspecified atom stereocenters. The van der Waals surface area contributed by atoms with E-state index in [1.807, 2.05) is 40.7 Å². The van der Waals surface area contributed by atoms with Crippen LogP contribution in [0.3, 0.4) is 0 Å². The molecule has 18 heavy (non-hydrogen) atoms. The van der Waals surface area contributed by atoms with Crippen molar-refractivity contribution in [3.05, 3.63) is 29.6 Å². The summed E-state index contributed by atoms with van der Waals surface area (Å²) in [6, 6.07) is 5.29. The van der Waals surface area contributed by atoms with Crippen molar-refractivity contribution in [3.63, 3.8) is 0 Å². The number of halogens is 1. The SMILES string of the molecule is CC.CC.Cc1cccc(F)c1N1CCC(C)C1. The molecule has 0 N–H and O–H groups in total. The second kappa shape index (κ2) is 8.96. The maximum Gasteiger partial charge on any atom is 0.146 e. The summed E-state index contributed by atoms with van der Waals surface area (Å²) in [7, 11) is 0. The lowest BCUT2D eigenvalue weighted by Crippen LogP contribution is -2.21. The molecule has 0 saturated carbocycles. The van der Waals surface area contributed by atoms with E-state index in [1.165, 1.54) is 6.42 Å². The Bertz CT molecular complexity index is 316. The third-order valence-electron chi connectivity index (χ3n) is 2.93. The molecule has 1 heterocycles. The van der Waals surface area contributed by atoms with E-state index in [0.29, 0.717) is 5.92 Å². The van der Waals surface area contributed by atoms with Crippen LogP contribution in [0.2, 0.25) is 0 Å². The van der Waals surface area contributed by atoms with Crippen LogP contribution in [0.1, 0.15) is 46.6 Å². The molecule has 0 aliphatic carbocycles. The van der Waals surface area contributed by atoms with Crippen LogP contribution in [0.15, 0.2) is 18.2 Å². The number of aryl methyl sites for hydroxylation is 1. The Morgan fingerprint density at radius 3 is 2.22 bits per heavy atom. The molecular formula is C16H28FN. The van der Waals surface area contributed by atoms with Crippen molar-refractivity contribution in [1.82, 2.24) is 0 Å². The molecule has 104 valence electrons. The Morgan fingerprint density at radius 2 is 1.78 bits per heavy atom. The quantitative estimate of drug-likeness (QED) is 0.678. The van der Waals surface area contributed by atoms with Crippen molar-refractivity contribution in [2.24, 2.45) is 5.92 Å². The fraction of sp³-hybridized carbons (Fsp3) is 0.625. The van der Waals surface area contributed by atoms with Crippen LogP contribution in [-0.2, 0) is 0 Å². The third kappa shape index (κ3) is 4.32. The molecule has 1 aliphatic rings. The first-order chi connectivity index (χ1) is 8.68. The Labute approximate surface area is 112 Å². The van der Waals surface area contributed by atoms with Gasteiger partial charge in [-0.15, -0.1) is 0 Å². The molecule has 1 aromatic rings. The minimum Gasteiger partial charge on any atom is -0.369 e. The van der Waals surface area contributed by atoms with Gasteiger partial charge in [-0.25, -0.2) is 4.39 Å². The number of benzene rings is 1. The first kappa shape index (κ1) is 16.9. The number of hydrogen-bond acceptors (Lipinski definition) is 1. The number of para-hydroxylation sites is 1. The molecule has 1 aliphatic heterocycles. The van der Waals surface area contributed by atoms with Gasteiger partial charge in [-0.3, -0.25) is 0 Å². The average molecular weight is 253 g/mol. The fourth-order valence-electron chi connectivity index (χ4n) is 2.16. The molecular weight excluding hydrogens is 225 g/mol. The van der Waals surface area contributed by atoms with Gasteiger partial charge in [0.15, 0.2) is 0 Å². The van der Waals surface area contributed by atoms with Crippen molar-refractivity contribution < 1.29 is 4.39 Å². The van der Waals surface area contributed by atoms with Crippen molar-refractivity contribution in [2.45, 2.75) is 48.0 Å². The fourth-order valence-corrected chi connectivity index (χ4v) is 2.16. The van der Waals surface area contributed by atoms with Crippen LogP contribution < -0.4 is 4.90 Å².